The third-order valence-electron chi connectivity index (χ3n) is 6.94. The minimum atomic E-state index is -4.95. The van der Waals surface area contributed by atoms with E-state index in [-0.39, 0.29) is 18.2 Å². The zero-order chi connectivity index (χ0) is 27.5. The van der Waals surface area contributed by atoms with Crippen molar-refractivity contribution in [3.63, 3.8) is 0 Å². The number of hydrogen-bond acceptors (Lipinski definition) is 4. The first-order valence-electron chi connectivity index (χ1n) is 12.5. The monoisotopic (exact) mass is 534 g/mol. The van der Waals surface area contributed by atoms with Gasteiger partial charge in [-0.25, -0.2) is 4.98 Å². The van der Waals surface area contributed by atoms with Crippen molar-refractivity contribution < 1.29 is 26.3 Å². The van der Waals surface area contributed by atoms with E-state index in [1.54, 1.807) is 0 Å². The first kappa shape index (κ1) is 27.6. The van der Waals surface area contributed by atoms with Gasteiger partial charge in [-0.15, -0.1) is 0 Å². The number of nitrogens with zero attached hydrogens (tertiary/aromatic N) is 4. The average molecular weight is 535 g/mol. The Morgan fingerprint density at radius 1 is 0.921 bits per heavy atom. The molecule has 4 rings (SSSR count). The van der Waals surface area contributed by atoms with Crippen molar-refractivity contribution in [2.24, 2.45) is 5.92 Å². The highest BCUT2D eigenvalue weighted by Crippen LogP contribution is 2.37. The molecule has 1 aliphatic carbocycles. The van der Waals surface area contributed by atoms with E-state index in [1.165, 1.54) is 12.8 Å². The van der Waals surface area contributed by atoms with Gasteiger partial charge in [0.25, 0.3) is 0 Å². The average Bonchev–Trinajstić information content (AvgIpc) is 3.38. The zero-order valence-corrected chi connectivity index (χ0v) is 20.9. The number of hydrogen-bond donors (Lipinski definition) is 0. The molecule has 38 heavy (non-hydrogen) atoms. The third-order valence-corrected chi connectivity index (χ3v) is 6.94. The van der Waals surface area contributed by atoms with Crippen LogP contribution in [0.5, 0.6) is 0 Å². The lowest BCUT2D eigenvalue weighted by atomic mass is 10.0. The molecule has 10 heteroatoms. The van der Waals surface area contributed by atoms with E-state index >= 15 is 0 Å². The molecule has 3 aromatic rings. The maximum atomic E-state index is 13.3. The Balaban J connectivity index is 1.68. The lowest BCUT2D eigenvalue weighted by Gasteiger charge is -2.29. The smallest absolute Gasteiger partial charge is 0.356 e. The summed E-state index contributed by atoms with van der Waals surface area (Å²) in [5.41, 5.74) is -1.59. The van der Waals surface area contributed by atoms with Gasteiger partial charge in [-0.2, -0.15) is 31.6 Å². The molecule has 1 saturated carbocycles. The first-order chi connectivity index (χ1) is 18.0. The Morgan fingerprint density at radius 2 is 1.55 bits per heavy atom. The van der Waals surface area contributed by atoms with Crippen LogP contribution in [0.2, 0.25) is 0 Å². The number of fused-ring (bicyclic) bond motifs is 1. The molecular formula is C28H28F6N4. The van der Waals surface area contributed by atoms with Crippen molar-refractivity contribution in [2.75, 3.05) is 18.0 Å². The lowest BCUT2D eigenvalue weighted by molar-refractivity contribution is -0.143. The van der Waals surface area contributed by atoms with Crippen molar-refractivity contribution in [3.05, 3.63) is 70.8 Å². The van der Waals surface area contributed by atoms with Gasteiger partial charge in [0.1, 0.15) is 5.82 Å². The van der Waals surface area contributed by atoms with Crippen LogP contribution < -0.4 is 4.90 Å². The summed E-state index contributed by atoms with van der Waals surface area (Å²) >= 11 is 0. The molecule has 0 radical (unpaired) electrons. The van der Waals surface area contributed by atoms with E-state index in [2.05, 4.69) is 4.90 Å². The Labute approximate surface area is 217 Å². The van der Waals surface area contributed by atoms with E-state index < -0.39 is 30.0 Å². The molecule has 0 aliphatic heterocycles. The highest BCUT2D eigenvalue weighted by Gasteiger charge is 2.37. The lowest BCUT2D eigenvalue weighted by Crippen LogP contribution is -2.31. The van der Waals surface area contributed by atoms with Crippen LogP contribution >= 0.6 is 0 Å². The van der Waals surface area contributed by atoms with E-state index in [9.17, 15) is 31.6 Å². The van der Waals surface area contributed by atoms with Crippen LogP contribution in [0.15, 0.2) is 48.5 Å². The molecular weight excluding hydrogens is 506 g/mol. The molecule has 0 atom stereocenters. The fraction of sp³-hybridized carbons (Fsp3) is 0.429. The summed E-state index contributed by atoms with van der Waals surface area (Å²) < 4.78 is 80.0. The number of pyridine rings is 1. The second-order valence-corrected chi connectivity index (χ2v) is 9.72. The molecule has 1 fully saturated rings. The fourth-order valence-electron chi connectivity index (χ4n) is 5.07. The van der Waals surface area contributed by atoms with Crippen molar-refractivity contribution in [3.8, 4) is 6.19 Å². The van der Waals surface area contributed by atoms with Crippen LogP contribution in [0.4, 0.5) is 32.2 Å². The predicted octanol–water partition coefficient (Wildman–Crippen LogP) is 7.77. The number of anilines is 1. The van der Waals surface area contributed by atoms with Gasteiger partial charge in [0.15, 0.2) is 6.19 Å². The molecule has 1 heterocycles. The number of rotatable bonds is 8. The van der Waals surface area contributed by atoms with Crippen LogP contribution in [0, 0.1) is 17.4 Å². The van der Waals surface area contributed by atoms with Crippen molar-refractivity contribution in [2.45, 2.75) is 58.0 Å². The van der Waals surface area contributed by atoms with Gasteiger partial charge in [0.2, 0.25) is 0 Å². The number of aromatic nitrogens is 1. The van der Waals surface area contributed by atoms with E-state index in [0.29, 0.717) is 36.0 Å². The molecule has 4 nitrogen and oxygen atoms in total. The highest BCUT2D eigenvalue weighted by atomic mass is 19.4. The van der Waals surface area contributed by atoms with Crippen molar-refractivity contribution in [1.82, 2.24) is 9.88 Å². The second kappa shape index (κ2) is 11.1. The third kappa shape index (κ3) is 6.50. The van der Waals surface area contributed by atoms with E-state index in [4.69, 9.17) is 4.98 Å². The summed E-state index contributed by atoms with van der Waals surface area (Å²) in [6, 6.07) is 10.8. The molecule has 0 saturated heterocycles. The maximum absolute atomic E-state index is 13.3. The van der Waals surface area contributed by atoms with Crippen molar-refractivity contribution in [1.29, 1.82) is 5.26 Å². The quantitative estimate of drug-likeness (QED) is 0.168. The number of halogens is 6. The molecule has 0 unspecified atom stereocenters. The largest absolute Gasteiger partial charge is 0.416 e. The van der Waals surface area contributed by atoms with Gasteiger partial charge < -0.3 is 9.80 Å². The predicted molar refractivity (Wildman–Crippen MR) is 133 cm³/mol. The number of benzene rings is 2. The highest BCUT2D eigenvalue weighted by molar-refractivity contribution is 5.81. The topological polar surface area (TPSA) is 43.2 Å². The Bertz CT molecular complexity index is 1270. The molecule has 0 bridgehead atoms. The molecule has 1 aromatic heterocycles. The van der Waals surface area contributed by atoms with Gasteiger partial charge in [0.05, 0.1) is 29.7 Å². The SMILES string of the molecule is CCN(CC1CCCC1)c1nc2ccccc2cc1CN(C#N)Cc1cc(C(F)(F)F)cc(C(F)(F)F)c1. The Kier molecular flexibility index (Phi) is 8.05. The fourth-order valence-corrected chi connectivity index (χ4v) is 5.07. The Morgan fingerprint density at radius 3 is 2.13 bits per heavy atom. The van der Waals surface area contributed by atoms with Gasteiger partial charge in [-0.3, -0.25) is 0 Å². The number of alkyl halides is 6. The normalized spacial score (nSPS) is 14.6. The second-order valence-electron chi connectivity index (χ2n) is 9.72. The van der Waals surface area contributed by atoms with E-state index in [0.717, 1.165) is 35.2 Å². The zero-order valence-electron chi connectivity index (χ0n) is 20.9. The molecule has 1 aliphatic rings. The van der Waals surface area contributed by atoms with Crippen molar-refractivity contribution >= 4 is 16.7 Å². The summed E-state index contributed by atoms with van der Waals surface area (Å²) in [5.74, 6) is 1.20. The summed E-state index contributed by atoms with van der Waals surface area (Å²) in [6.45, 7) is 3.06. The van der Waals surface area contributed by atoms with Crippen LogP contribution in [0.3, 0.4) is 0 Å². The number of para-hydroxylation sites is 1. The minimum absolute atomic E-state index is 0.0115. The number of nitriles is 1. The Hall–Kier alpha value is -3.48. The summed E-state index contributed by atoms with van der Waals surface area (Å²) in [5, 5.41) is 10.7. The van der Waals surface area contributed by atoms with Crippen LogP contribution in [0.25, 0.3) is 10.9 Å². The summed E-state index contributed by atoms with van der Waals surface area (Å²) in [6.07, 6.45) is -3.35. The minimum Gasteiger partial charge on any atom is -0.356 e. The van der Waals surface area contributed by atoms with E-state index in [1.807, 2.05) is 43.4 Å². The molecule has 2 aromatic carbocycles. The van der Waals surface area contributed by atoms with Crippen LogP contribution in [0.1, 0.15) is 54.9 Å². The van der Waals surface area contributed by atoms with Gasteiger partial charge in [-0.05, 0) is 61.6 Å². The first-order valence-corrected chi connectivity index (χ1v) is 12.5. The maximum Gasteiger partial charge on any atom is 0.416 e. The molecule has 202 valence electrons. The standard InChI is InChI=1S/C28H28F6N4/c1-2-38(16-19-7-3-4-8-19)26-22(13-21-9-5-6-10-25(21)36-26)17-37(18-35)15-20-11-23(27(29,30)31)14-24(12-20)28(32,33)34/h5-6,9-14,19H,2-4,7-8,15-17H2,1H3. The van der Waals surface area contributed by atoms with Gasteiger partial charge in [-0.1, -0.05) is 31.0 Å². The summed E-state index contributed by atoms with van der Waals surface area (Å²) in [4.78, 5) is 8.18. The summed E-state index contributed by atoms with van der Waals surface area (Å²) in [7, 11) is 0. The molecule has 0 N–H and O–H groups in total. The molecule has 0 spiro atoms. The van der Waals surface area contributed by atoms with Gasteiger partial charge in [0, 0.05) is 24.0 Å². The van der Waals surface area contributed by atoms with Crippen LogP contribution in [-0.4, -0.2) is 23.0 Å². The molecule has 0 amide bonds. The van der Waals surface area contributed by atoms with Gasteiger partial charge >= 0.3 is 12.4 Å². The van der Waals surface area contributed by atoms with Crippen LogP contribution in [-0.2, 0) is 25.4 Å².